The summed E-state index contributed by atoms with van der Waals surface area (Å²) in [5.74, 6) is 1.02. The number of hydrogen-bond acceptors (Lipinski definition) is 6. The van der Waals surface area contributed by atoms with Crippen LogP contribution in [0.2, 0.25) is 0 Å². The van der Waals surface area contributed by atoms with Crippen LogP contribution in [0.1, 0.15) is 37.4 Å². The fraction of sp³-hybridized carbons (Fsp3) is 0.360. The summed E-state index contributed by atoms with van der Waals surface area (Å²) in [6, 6.07) is 11.9. The van der Waals surface area contributed by atoms with Crippen LogP contribution in [-0.2, 0) is 9.53 Å². The number of nitrogens with zero attached hydrogens (tertiary/aromatic N) is 4. The summed E-state index contributed by atoms with van der Waals surface area (Å²) in [7, 11) is 0. The number of rotatable bonds is 5. The minimum Gasteiger partial charge on any atom is -0.368 e. The molecule has 2 aliphatic rings. The highest BCUT2D eigenvalue weighted by Crippen LogP contribution is 2.30. The molecule has 2 aromatic heterocycles. The monoisotopic (exact) mass is 447 g/mol. The van der Waals surface area contributed by atoms with E-state index in [0.717, 1.165) is 36.9 Å². The molecule has 0 spiro atoms. The normalized spacial score (nSPS) is 20.6. The molecule has 1 amide bonds. The minimum atomic E-state index is -0.327. The Kier molecular flexibility index (Phi) is 6.26. The summed E-state index contributed by atoms with van der Waals surface area (Å²) in [6.07, 6.45) is 6.73. The summed E-state index contributed by atoms with van der Waals surface area (Å²) in [4.78, 5) is 28.4. The average molecular weight is 448 g/mol. The van der Waals surface area contributed by atoms with Gasteiger partial charge in [-0.25, -0.2) is 14.4 Å². The van der Waals surface area contributed by atoms with Crippen molar-refractivity contribution < 1.29 is 13.9 Å². The van der Waals surface area contributed by atoms with Gasteiger partial charge in [0.25, 0.3) is 5.91 Å². The fourth-order valence-corrected chi connectivity index (χ4v) is 4.41. The molecule has 0 aliphatic carbocycles. The standard InChI is InChI=1S/C25H26FN5O2/c26-19-4-3-5-20(14-19)28-23-15-21(17-7-10-27-11-8-17)29-24(30-23)18-9-12-31(16-18)25(32)22-6-1-2-13-33-22/h3-5,7-8,10-11,14-15,18,22H,1-2,6,9,12-13,16H2,(H,28,29,30). The molecule has 0 saturated carbocycles. The lowest BCUT2D eigenvalue weighted by molar-refractivity contribution is -0.145. The lowest BCUT2D eigenvalue weighted by Crippen LogP contribution is -2.40. The van der Waals surface area contributed by atoms with Crippen LogP contribution < -0.4 is 5.32 Å². The van der Waals surface area contributed by atoms with E-state index in [2.05, 4.69) is 10.3 Å². The van der Waals surface area contributed by atoms with E-state index < -0.39 is 0 Å². The molecule has 4 heterocycles. The van der Waals surface area contributed by atoms with Crippen molar-refractivity contribution in [3.63, 3.8) is 0 Å². The van der Waals surface area contributed by atoms with Gasteiger partial charge in [-0.2, -0.15) is 0 Å². The number of pyridine rings is 1. The molecule has 5 rings (SSSR count). The van der Waals surface area contributed by atoms with E-state index >= 15 is 0 Å². The van der Waals surface area contributed by atoms with Crippen LogP contribution in [-0.4, -0.2) is 51.6 Å². The van der Waals surface area contributed by atoms with E-state index in [4.69, 9.17) is 14.7 Å². The third-order valence-electron chi connectivity index (χ3n) is 6.14. The Morgan fingerprint density at radius 2 is 1.97 bits per heavy atom. The molecule has 8 heteroatoms. The first kappa shape index (κ1) is 21.5. The van der Waals surface area contributed by atoms with E-state index in [-0.39, 0.29) is 23.7 Å². The Labute approximate surface area is 192 Å². The molecule has 0 radical (unpaired) electrons. The summed E-state index contributed by atoms with van der Waals surface area (Å²) >= 11 is 0. The van der Waals surface area contributed by atoms with E-state index in [0.29, 0.717) is 37.0 Å². The van der Waals surface area contributed by atoms with Crippen LogP contribution in [0.25, 0.3) is 11.3 Å². The number of aromatic nitrogens is 3. The average Bonchev–Trinajstić information content (AvgIpc) is 3.35. The molecular weight excluding hydrogens is 421 g/mol. The van der Waals surface area contributed by atoms with Crippen molar-refractivity contribution in [1.29, 1.82) is 0 Å². The molecule has 170 valence electrons. The minimum absolute atomic E-state index is 0.0207. The first-order chi connectivity index (χ1) is 16.2. The number of nitrogens with one attached hydrogen (secondary N) is 1. The predicted octanol–water partition coefficient (Wildman–Crippen LogP) is 4.31. The molecule has 0 bridgehead atoms. The smallest absolute Gasteiger partial charge is 0.251 e. The predicted molar refractivity (Wildman–Crippen MR) is 122 cm³/mol. The van der Waals surface area contributed by atoms with Gasteiger partial charge in [-0.15, -0.1) is 0 Å². The van der Waals surface area contributed by atoms with Gasteiger partial charge in [0, 0.05) is 55.3 Å². The number of carbonyl (C=O) groups is 1. The van der Waals surface area contributed by atoms with Crippen molar-refractivity contribution in [2.75, 3.05) is 25.0 Å². The molecule has 7 nitrogen and oxygen atoms in total. The Morgan fingerprint density at radius 3 is 2.76 bits per heavy atom. The van der Waals surface area contributed by atoms with Gasteiger partial charge in [-0.05, 0) is 56.0 Å². The third-order valence-corrected chi connectivity index (χ3v) is 6.14. The first-order valence-corrected chi connectivity index (χ1v) is 11.4. The molecule has 1 N–H and O–H groups in total. The van der Waals surface area contributed by atoms with Crippen LogP contribution in [0.5, 0.6) is 0 Å². The van der Waals surface area contributed by atoms with Crippen molar-refractivity contribution in [3.8, 4) is 11.3 Å². The molecule has 1 aromatic carbocycles. The quantitative estimate of drug-likeness (QED) is 0.628. The largest absolute Gasteiger partial charge is 0.368 e. The highest BCUT2D eigenvalue weighted by Gasteiger charge is 2.34. The summed E-state index contributed by atoms with van der Waals surface area (Å²) in [5, 5.41) is 3.20. The van der Waals surface area contributed by atoms with Gasteiger partial charge in [-0.3, -0.25) is 9.78 Å². The summed E-state index contributed by atoms with van der Waals surface area (Å²) < 4.78 is 19.4. The Bertz CT molecular complexity index is 1120. The van der Waals surface area contributed by atoms with Crippen LogP contribution in [0, 0.1) is 5.82 Å². The molecule has 2 saturated heterocycles. The highest BCUT2D eigenvalue weighted by atomic mass is 19.1. The van der Waals surface area contributed by atoms with Gasteiger partial charge in [0.15, 0.2) is 0 Å². The number of amides is 1. The van der Waals surface area contributed by atoms with Gasteiger partial charge >= 0.3 is 0 Å². The second-order valence-corrected chi connectivity index (χ2v) is 8.49. The molecule has 3 aromatic rings. The Morgan fingerprint density at radius 1 is 1.09 bits per heavy atom. The summed E-state index contributed by atoms with van der Waals surface area (Å²) in [5.41, 5.74) is 2.28. The third kappa shape index (κ3) is 5.01. The van der Waals surface area contributed by atoms with E-state index in [1.54, 1.807) is 24.5 Å². The van der Waals surface area contributed by atoms with Crippen LogP contribution in [0.4, 0.5) is 15.9 Å². The number of halogens is 1. The van der Waals surface area contributed by atoms with Gasteiger partial charge in [0.2, 0.25) is 0 Å². The van der Waals surface area contributed by atoms with Gasteiger partial charge in [0.1, 0.15) is 23.6 Å². The number of likely N-dealkylation sites (tertiary alicyclic amines) is 1. The highest BCUT2D eigenvalue weighted by molar-refractivity contribution is 5.81. The van der Waals surface area contributed by atoms with Crippen molar-refractivity contribution in [2.24, 2.45) is 0 Å². The van der Waals surface area contributed by atoms with Crippen LogP contribution in [0.15, 0.2) is 54.9 Å². The SMILES string of the molecule is O=C(C1CCCCO1)N1CCC(c2nc(Nc3cccc(F)c3)cc(-c3ccncc3)n2)C1. The van der Waals surface area contributed by atoms with E-state index in [9.17, 15) is 9.18 Å². The molecule has 2 unspecified atom stereocenters. The van der Waals surface area contributed by atoms with Gasteiger partial charge in [0.05, 0.1) is 5.69 Å². The number of anilines is 2. The fourth-order valence-electron chi connectivity index (χ4n) is 4.41. The molecule has 2 atom stereocenters. The van der Waals surface area contributed by atoms with Crippen molar-refractivity contribution in [3.05, 3.63) is 66.5 Å². The number of carbonyl (C=O) groups excluding carboxylic acids is 1. The number of hydrogen-bond donors (Lipinski definition) is 1. The molecule has 2 fully saturated rings. The maximum atomic E-state index is 13.7. The van der Waals surface area contributed by atoms with Crippen LogP contribution >= 0.6 is 0 Å². The zero-order valence-electron chi connectivity index (χ0n) is 18.3. The van der Waals surface area contributed by atoms with Crippen molar-refractivity contribution >= 4 is 17.4 Å². The molecule has 33 heavy (non-hydrogen) atoms. The molecular formula is C25H26FN5O2. The van der Waals surface area contributed by atoms with Crippen LogP contribution in [0.3, 0.4) is 0 Å². The number of benzene rings is 1. The van der Waals surface area contributed by atoms with Crippen molar-refractivity contribution in [2.45, 2.75) is 37.7 Å². The second kappa shape index (κ2) is 9.62. The summed E-state index contributed by atoms with van der Waals surface area (Å²) in [6.45, 7) is 1.89. The molecule has 2 aliphatic heterocycles. The zero-order valence-corrected chi connectivity index (χ0v) is 18.3. The second-order valence-electron chi connectivity index (χ2n) is 8.49. The Balaban J connectivity index is 1.41. The first-order valence-electron chi connectivity index (χ1n) is 11.4. The Hall–Kier alpha value is -3.39. The van der Waals surface area contributed by atoms with Gasteiger partial charge in [-0.1, -0.05) is 6.07 Å². The maximum Gasteiger partial charge on any atom is 0.251 e. The van der Waals surface area contributed by atoms with E-state index in [1.807, 2.05) is 23.1 Å². The van der Waals surface area contributed by atoms with Crippen molar-refractivity contribution in [1.82, 2.24) is 19.9 Å². The lowest BCUT2D eigenvalue weighted by Gasteiger charge is -2.26. The van der Waals surface area contributed by atoms with E-state index in [1.165, 1.54) is 12.1 Å². The zero-order chi connectivity index (χ0) is 22.6. The maximum absolute atomic E-state index is 13.7. The van der Waals surface area contributed by atoms with Gasteiger partial charge < -0.3 is 15.0 Å². The lowest BCUT2D eigenvalue weighted by atomic mass is 10.1. The number of ether oxygens (including phenoxy) is 1. The topological polar surface area (TPSA) is 80.2 Å².